The molecule has 0 radical (unpaired) electrons. The topological polar surface area (TPSA) is 106 Å². The maximum Gasteiger partial charge on any atom is 0.226 e. The van der Waals surface area contributed by atoms with Crippen molar-refractivity contribution in [3.63, 3.8) is 0 Å². The molecule has 0 saturated heterocycles. The fourth-order valence-corrected chi connectivity index (χ4v) is 7.57. The molecule has 34 heavy (non-hydrogen) atoms. The lowest BCUT2D eigenvalue weighted by Gasteiger charge is -2.24. The molecule has 2 aliphatic rings. The van der Waals surface area contributed by atoms with E-state index in [2.05, 4.69) is 9.97 Å². The summed E-state index contributed by atoms with van der Waals surface area (Å²) < 4.78 is 54.7. The Hall–Kier alpha value is -2.91. The molecule has 0 unspecified atom stereocenters. The number of hydrogen-bond donors (Lipinski definition) is 0. The Morgan fingerprint density at radius 3 is 2.26 bits per heavy atom. The van der Waals surface area contributed by atoms with Gasteiger partial charge in [0.05, 0.1) is 15.5 Å². The monoisotopic (exact) mass is 495 g/mol. The molecule has 176 valence electrons. The summed E-state index contributed by atoms with van der Waals surface area (Å²) in [6.45, 7) is 3.76. The van der Waals surface area contributed by atoms with E-state index < -0.39 is 19.7 Å². The van der Waals surface area contributed by atoms with Crippen molar-refractivity contribution in [1.29, 1.82) is 0 Å². The molecule has 0 bridgehead atoms. The third kappa shape index (κ3) is 3.76. The van der Waals surface area contributed by atoms with Crippen LogP contribution in [0.15, 0.2) is 73.6 Å². The number of rotatable bonds is 3. The zero-order valence-corrected chi connectivity index (χ0v) is 20.7. The van der Waals surface area contributed by atoms with Crippen molar-refractivity contribution in [1.82, 2.24) is 9.97 Å². The van der Waals surface area contributed by atoms with Crippen LogP contribution < -0.4 is 0 Å². The van der Waals surface area contributed by atoms with Gasteiger partial charge in [-0.1, -0.05) is 48.6 Å². The van der Waals surface area contributed by atoms with Gasteiger partial charge in [0.2, 0.25) is 19.7 Å². The highest BCUT2D eigenvalue weighted by Gasteiger charge is 2.37. The highest BCUT2D eigenvalue weighted by molar-refractivity contribution is 7.92. The highest BCUT2D eigenvalue weighted by atomic mass is 32.2. The van der Waals surface area contributed by atoms with Gasteiger partial charge in [0.1, 0.15) is 12.0 Å². The fraction of sp³-hybridized carbons (Fsp3) is 0.320. The molecule has 7 nitrogen and oxygen atoms in total. The molecule has 9 heteroatoms. The third-order valence-corrected chi connectivity index (χ3v) is 9.96. The van der Waals surface area contributed by atoms with E-state index in [1.807, 2.05) is 19.9 Å². The second kappa shape index (κ2) is 8.39. The number of nitrogens with zero attached hydrogens (tertiary/aromatic N) is 3. The van der Waals surface area contributed by atoms with E-state index in [1.165, 1.54) is 12.1 Å². The number of aliphatic imine (C=N–C) groups is 1. The summed E-state index contributed by atoms with van der Waals surface area (Å²) in [5.74, 6) is 0.0329. The van der Waals surface area contributed by atoms with Gasteiger partial charge in [-0.15, -0.1) is 0 Å². The zero-order valence-electron chi connectivity index (χ0n) is 19.0. The van der Waals surface area contributed by atoms with Gasteiger partial charge < -0.3 is 0 Å². The lowest BCUT2D eigenvalue weighted by molar-refractivity contribution is 0.439. The first-order valence-electron chi connectivity index (χ1n) is 11.3. The largest absolute Gasteiger partial charge is 0.246 e. The van der Waals surface area contributed by atoms with Crippen molar-refractivity contribution in [2.75, 3.05) is 0 Å². The van der Waals surface area contributed by atoms with Crippen LogP contribution in [-0.2, 0) is 19.7 Å². The van der Waals surface area contributed by atoms with Crippen LogP contribution in [0, 0.1) is 19.8 Å². The number of sulfone groups is 2. The summed E-state index contributed by atoms with van der Waals surface area (Å²) in [6, 6.07) is 11.5. The first-order chi connectivity index (χ1) is 16.2. The molecule has 1 aromatic heterocycles. The average Bonchev–Trinajstić information content (AvgIpc) is 2.92. The second-order valence-corrected chi connectivity index (χ2v) is 12.7. The summed E-state index contributed by atoms with van der Waals surface area (Å²) in [7, 11) is -8.26. The van der Waals surface area contributed by atoms with Crippen LogP contribution in [0.1, 0.15) is 48.8 Å². The van der Waals surface area contributed by atoms with Crippen molar-refractivity contribution in [3.05, 3.63) is 65.5 Å². The summed E-state index contributed by atoms with van der Waals surface area (Å²) in [6.07, 6.45) is 5.89. The predicted octanol–water partition coefficient (Wildman–Crippen LogP) is 4.77. The molecule has 0 spiro atoms. The fourth-order valence-electron chi connectivity index (χ4n) is 4.72. The summed E-state index contributed by atoms with van der Waals surface area (Å²) in [5, 5.41) is -0.758. The molecule has 1 aliphatic heterocycles. The van der Waals surface area contributed by atoms with E-state index in [4.69, 9.17) is 4.99 Å². The molecule has 1 fully saturated rings. The molecule has 1 aliphatic carbocycles. The van der Waals surface area contributed by atoms with Gasteiger partial charge in [-0.05, 0) is 51.0 Å². The normalized spacial score (nSPS) is 17.9. The van der Waals surface area contributed by atoms with Crippen molar-refractivity contribution in [2.24, 2.45) is 10.9 Å². The smallest absolute Gasteiger partial charge is 0.226 e. The lowest BCUT2D eigenvalue weighted by atomic mass is 9.83. The van der Waals surface area contributed by atoms with Gasteiger partial charge in [0, 0.05) is 11.5 Å². The number of hydrogen-bond acceptors (Lipinski definition) is 7. The molecule has 0 atom stereocenters. The molecule has 1 saturated carbocycles. The van der Waals surface area contributed by atoms with E-state index in [0.717, 1.165) is 49.6 Å². The minimum Gasteiger partial charge on any atom is -0.246 e. The van der Waals surface area contributed by atoms with Crippen LogP contribution >= 0.6 is 0 Å². The quantitative estimate of drug-likeness (QED) is 0.484. The predicted molar refractivity (Wildman–Crippen MR) is 128 cm³/mol. The van der Waals surface area contributed by atoms with Crippen molar-refractivity contribution in [2.45, 2.75) is 65.8 Å². The van der Waals surface area contributed by atoms with E-state index in [1.54, 1.807) is 24.3 Å². The summed E-state index contributed by atoms with van der Waals surface area (Å²) in [4.78, 5) is 13.0. The van der Waals surface area contributed by atoms with E-state index in [0.29, 0.717) is 11.3 Å². The maximum absolute atomic E-state index is 13.8. The molecule has 2 aromatic carbocycles. The molecular weight excluding hydrogens is 470 g/mol. The number of aryl methyl sites for hydroxylation is 2. The zero-order chi connectivity index (χ0) is 24.1. The number of benzene rings is 2. The van der Waals surface area contributed by atoms with E-state index >= 15 is 0 Å². The molecular formula is C25H25N3O4S2. The average molecular weight is 496 g/mol. The van der Waals surface area contributed by atoms with Crippen molar-refractivity contribution < 1.29 is 16.8 Å². The van der Waals surface area contributed by atoms with E-state index in [9.17, 15) is 16.8 Å². The van der Waals surface area contributed by atoms with Crippen LogP contribution in [-0.4, -0.2) is 32.5 Å². The number of fused-ring (bicyclic) bond motifs is 2. The summed E-state index contributed by atoms with van der Waals surface area (Å²) >= 11 is 0. The standard InChI is InChI=1S/C25H25N3O4S2/c1-16-8-11-19(12-9-16)33(29,30)24-23-25(27-15-26-24)34(31,32)21-13-10-17(2)14-20(21)22(28-23)18-6-4-3-5-7-18/h8-15,18H,3-7H2,1-2H3. The van der Waals surface area contributed by atoms with Crippen LogP contribution in [0.3, 0.4) is 0 Å². The van der Waals surface area contributed by atoms with Gasteiger partial charge in [-0.2, -0.15) is 0 Å². The lowest BCUT2D eigenvalue weighted by Crippen LogP contribution is -2.20. The second-order valence-electron chi connectivity index (χ2n) is 8.98. The summed E-state index contributed by atoms with van der Waals surface area (Å²) in [5.41, 5.74) is 2.76. The van der Waals surface area contributed by atoms with Crippen LogP contribution in [0.2, 0.25) is 0 Å². The SMILES string of the molecule is Cc1ccc(S(=O)(=O)c2ncnc3c2N=C(C2CCCCC2)c2cc(C)ccc2S3(=O)=O)cc1. The molecule has 3 aromatic rings. The first kappa shape index (κ1) is 22.9. The Kier molecular flexibility index (Phi) is 5.64. The van der Waals surface area contributed by atoms with Gasteiger partial charge in [0.15, 0.2) is 10.1 Å². The minimum absolute atomic E-state index is 0.0309. The molecule has 0 N–H and O–H groups in total. The molecule has 2 heterocycles. The Labute approximate surface area is 199 Å². The maximum atomic E-state index is 13.8. The Bertz CT molecular complexity index is 1520. The minimum atomic E-state index is -4.14. The van der Waals surface area contributed by atoms with Crippen molar-refractivity contribution >= 4 is 31.1 Å². The van der Waals surface area contributed by atoms with Crippen molar-refractivity contribution in [3.8, 4) is 0 Å². The Morgan fingerprint density at radius 1 is 0.882 bits per heavy atom. The Morgan fingerprint density at radius 2 is 1.56 bits per heavy atom. The molecule has 5 rings (SSSR count). The van der Waals surface area contributed by atoms with E-state index in [-0.39, 0.29) is 31.4 Å². The molecule has 0 amide bonds. The van der Waals surface area contributed by atoms with Crippen LogP contribution in [0.4, 0.5) is 5.69 Å². The Balaban J connectivity index is 1.83. The number of aromatic nitrogens is 2. The van der Waals surface area contributed by atoms with Gasteiger partial charge in [-0.25, -0.2) is 31.8 Å². The van der Waals surface area contributed by atoms with Crippen LogP contribution in [0.5, 0.6) is 0 Å². The highest BCUT2D eigenvalue weighted by Crippen LogP contribution is 2.41. The first-order valence-corrected chi connectivity index (χ1v) is 14.3. The van der Waals surface area contributed by atoms with Crippen LogP contribution in [0.25, 0.3) is 0 Å². The third-order valence-electron chi connectivity index (χ3n) is 6.52. The van der Waals surface area contributed by atoms with Gasteiger partial charge >= 0.3 is 0 Å². The van der Waals surface area contributed by atoms with Gasteiger partial charge in [-0.3, -0.25) is 0 Å². The van der Waals surface area contributed by atoms with Gasteiger partial charge in [0.25, 0.3) is 0 Å².